The van der Waals surface area contributed by atoms with E-state index in [-0.39, 0.29) is 6.42 Å². The summed E-state index contributed by atoms with van der Waals surface area (Å²) in [7, 11) is 1.33. The second-order valence-corrected chi connectivity index (χ2v) is 6.94. The molecule has 0 aromatic heterocycles. The van der Waals surface area contributed by atoms with Crippen LogP contribution in [0.1, 0.15) is 13.3 Å². The molecule has 2 fully saturated rings. The molecule has 2 aliphatic heterocycles. The highest BCUT2D eigenvalue weighted by molar-refractivity contribution is 5.73. The molecule has 0 spiro atoms. The zero-order chi connectivity index (χ0) is 20.3. The van der Waals surface area contributed by atoms with Gasteiger partial charge >= 0.3 is 0 Å². The van der Waals surface area contributed by atoms with Crippen molar-refractivity contribution in [3.63, 3.8) is 0 Å². The Labute approximate surface area is 156 Å². The Bertz CT molecular complexity index is 492. The van der Waals surface area contributed by atoms with Crippen molar-refractivity contribution in [1.29, 1.82) is 0 Å². The van der Waals surface area contributed by atoms with Crippen molar-refractivity contribution in [1.82, 2.24) is 5.32 Å². The first-order chi connectivity index (χ1) is 12.7. The lowest BCUT2D eigenvalue weighted by atomic mass is 9.80. The van der Waals surface area contributed by atoms with Gasteiger partial charge in [-0.2, -0.15) is 0 Å². The highest BCUT2D eigenvalue weighted by Gasteiger charge is 2.50. The van der Waals surface area contributed by atoms with Crippen molar-refractivity contribution in [3.05, 3.63) is 0 Å². The molecule has 11 nitrogen and oxygen atoms in total. The van der Waals surface area contributed by atoms with E-state index in [1.54, 1.807) is 0 Å². The molecule has 0 aliphatic carbocycles. The van der Waals surface area contributed by atoms with Crippen LogP contribution >= 0.6 is 0 Å². The van der Waals surface area contributed by atoms with Crippen LogP contribution in [0.3, 0.4) is 0 Å². The number of amides is 1. The molecule has 27 heavy (non-hydrogen) atoms. The molecular formula is C16H29NO10. The van der Waals surface area contributed by atoms with Gasteiger partial charge in [0.25, 0.3) is 0 Å². The molecule has 10 atom stereocenters. The summed E-state index contributed by atoms with van der Waals surface area (Å²) >= 11 is 0. The summed E-state index contributed by atoms with van der Waals surface area (Å²) in [4.78, 5) is 11.4. The van der Waals surface area contributed by atoms with Crippen molar-refractivity contribution in [3.8, 4) is 0 Å². The van der Waals surface area contributed by atoms with Crippen LogP contribution in [0.15, 0.2) is 0 Å². The summed E-state index contributed by atoms with van der Waals surface area (Å²) in [6, 6.07) is -0.926. The fourth-order valence-corrected chi connectivity index (χ4v) is 3.71. The predicted octanol–water partition coefficient (Wildman–Crippen LogP) is -3.94. The fourth-order valence-electron chi connectivity index (χ4n) is 3.71. The Hall–Kier alpha value is -0.890. The second kappa shape index (κ2) is 9.54. The molecule has 1 amide bonds. The highest BCUT2D eigenvalue weighted by atomic mass is 16.7. The van der Waals surface area contributed by atoms with Gasteiger partial charge in [0.2, 0.25) is 5.91 Å². The molecule has 2 aliphatic rings. The minimum Gasteiger partial charge on any atom is -0.394 e. The molecule has 0 saturated carbocycles. The van der Waals surface area contributed by atoms with Crippen molar-refractivity contribution < 1.29 is 49.6 Å². The quantitative estimate of drug-likeness (QED) is 0.235. The Morgan fingerprint density at radius 2 is 1.52 bits per heavy atom. The van der Waals surface area contributed by atoms with Crippen molar-refractivity contribution in [2.45, 2.75) is 68.4 Å². The predicted molar refractivity (Wildman–Crippen MR) is 88.2 cm³/mol. The first-order valence-electron chi connectivity index (χ1n) is 8.79. The van der Waals surface area contributed by atoms with Crippen molar-refractivity contribution >= 4 is 5.91 Å². The number of carbonyl (C=O) groups is 1. The zero-order valence-electron chi connectivity index (χ0n) is 15.2. The van der Waals surface area contributed by atoms with Crippen LogP contribution < -0.4 is 5.32 Å². The molecule has 0 bridgehead atoms. The number of hydrogen-bond acceptors (Lipinski definition) is 10. The number of ether oxygens (including phenoxy) is 3. The fraction of sp³-hybridized carbons (Fsp3) is 0.938. The van der Waals surface area contributed by atoms with E-state index in [0.717, 1.165) is 0 Å². The number of carbonyl (C=O) groups excluding carboxylic acids is 1. The lowest BCUT2D eigenvalue weighted by Crippen LogP contribution is -2.64. The van der Waals surface area contributed by atoms with Crippen molar-refractivity contribution in [2.24, 2.45) is 5.92 Å². The zero-order valence-corrected chi connectivity index (χ0v) is 15.2. The number of aliphatic hydroxyl groups is 6. The summed E-state index contributed by atoms with van der Waals surface area (Å²) in [5.74, 6) is -1.21. The molecule has 2 heterocycles. The SMILES string of the molecule is CO[C@@H]1O[C@H](CO)[C@@H](C[C@@H]2O[C@H](CO)[C@H](O)[C@H](O)[C@H]2O)[C@H](O)[C@H]1NC(C)=O. The van der Waals surface area contributed by atoms with E-state index in [2.05, 4.69) is 5.32 Å². The van der Waals surface area contributed by atoms with E-state index in [9.17, 15) is 35.4 Å². The lowest BCUT2D eigenvalue weighted by Gasteiger charge is -2.47. The maximum absolute atomic E-state index is 11.4. The normalized spacial score (nSPS) is 45.5. The molecule has 2 saturated heterocycles. The number of nitrogens with one attached hydrogen (secondary N) is 1. The van der Waals surface area contributed by atoms with Crippen molar-refractivity contribution in [2.75, 3.05) is 20.3 Å². The lowest BCUT2D eigenvalue weighted by molar-refractivity contribution is -0.267. The van der Waals surface area contributed by atoms with E-state index >= 15 is 0 Å². The van der Waals surface area contributed by atoms with E-state index in [1.165, 1.54) is 14.0 Å². The van der Waals surface area contributed by atoms with E-state index < -0.39 is 80.1 Å². The van der Waals surface area contributed by atoms with Crippen LogP contribution in [-0.4, -0.2) is 112 Å². The van der Waals surface area contributed by atoms with Crippen LogP contribution in [0.5, 0.6) is 0 Å². The van der Waals surface area contributed by atoms with Crippen LogP contribution in [0.4, 0.5) is 0 Å². The first-order valence-corrected chi connectivity index (χ1v) is 8.79. The van der Waals surface area contributed by atoms with E-state index in [4.69, 9.17) is 14.2 Å². The van der Waals surface area contributed by atoms with Gasteiger partial charge in [-0.15, -0.1) is 0 Å². The molecule has 11 heteroatoms. The maximum Gasteiger partial charge on any atom is 0.217 e. The van der Waals surface area contributed by atoms with Gasteiger partial charge in [-0.05, 0) is 6.42 Å². The van der Waals surface area contributed by atoms with Gasteiger partial charge in [-0.25, -0.2) is 0 Å². The summed E-state index contributed by atoms with van der Waals surface area (Å²) in [5.41, 5.74) is 0. The van der Waals surface area contributed by atoms with Gasteiger partial charge in [0.15, 0.2) is 6.29 Å². The van der Waals surface area contributed by atoms with Gasteiger partial charge in [-0.3, -0.25) is 4.79 Å². The summed E-state index contributed by atoms with van der Waals surface area (Å²) in [5, 5.41) is 62.2. The average molecular weight is 395 g/mol. The van der Waals surface area contributed by atoms with Gasteiger partial charge in [0.05, 0.1) is 31.5 Å². The number of aliphatic hydroxyl groups excluding tert-OH is 6. The van der Waals surface area contributed by atoms with Crippen LogP contribution in [0, 0.1) is 5.92 Å². The van der Waals surface area contributed by atoms with E-state index in [1.807, 2.05) is 0 Å². The Balaban J connectivity index is 2.19. The minimum absolute atomic E-state index is 0.0691. The summed E-state index contributed by atoms with van der Waals surface area (Å²) in [6.45, 7) is 0.227. The number of methoxy groups -OCH3 is 1. The monoisotopic (exact) mass is 395 g/mol. The Morgan fingerprint density at radius 1 is 0.926 bits per heavy atom. The third-order valence-electron chi connectivity index (χ3n) is 5.16. The maximum atomic E-state index is 11.4. The molecule has 0 aromatic carbocycles. The molecule has 2 rings (SSSR count). The van der Waals surface area contributed by atoms with Gasteiger partial charge < -0.3 is 50.2 Å². The summed E-state index contributed by atoms with van der Waals surface area (Å²) < 4.78 is 16.2. The highest BCUT2D eigenvalue weighted by Crippen LogP contribution is 2.34. The average Bonchev–Trinajstić information content (AvgIpc) is 2.64. The van der Waals surface area contributed by atoms with Gasteiger partial charge in [0, 0.05) is 20.0 Å². The standard InChI is InChI=1S/C16H29NO10/c1-6(20)17-11-12(21)7(9(4-18)27-16(11)25-2)3-8-13(22)15(24)14(23)10(5-19)26-8/h7-16,18-19,21-24H,3-5H2,1-2H3,(H,17,20)/t7-,8+,9-,10-,11-,12+,13+,14+,15-,16-/m1/s1. The summed E-state index contributed by atoms with van der Waals surface area (Å²) in [6.07, 6.45) is -9.81. The third kappa shape index (κ3) is 4.75. The minimum atomic E-state index is -1.55. The van der Waals surface area contributed by atoms with E-state index in [0.29, 0.717) is 0 Å². The van der Waals surface area contributed by atoms with Crippen LogP contribution in [0.2, 0.25) is 0 Å². The number of hydrogen-bond donors (Lipinski definition) is 7. The molecular weight excluding hydrogens is 366 g/mol. The van der Waals surface area contributed by atoms with Crippen LogP contribution in [-0.2, 0) is 19.0 Å². The Morgan fingerprint density at radius 3 is 2.04 bits per heavy atom. The van der Waals surface area contributed by atoms with Crippen LogP contribution in [0.25, 0.3) is 0 Å². The third-order valence-corrected chi connectivity index (χ3v) is 5.16. The first kappa shape index (κ1) is 22.4. The smallest absolute Gasteiger partial charge is 0.217 e. The largest absolute Gasteiger partial charge is 0.394 e. The molecule has 158 valence electrons. The molecule has 7 N–H and O–H groups in total. The van der Waals surface area contributed by atoms with Gasteiger partial charge in [0.1, 0.15) is 30.5 Å². The topological polar surface area (TPSA) is 178 Å². The molecule has 0 aromatic rings. The van der Waals surface area contributed by atoms with Gasteiger partial charge in [-0.1, -0.05) is 0 Å². The molecule has 0 radical (unpaired) electrons. The number of rotatable bonds is 6. The second-order valence-electron chi connectivity index (χ2n) is 6.94. The Kier molecular flexibility index (Phi) is 7.92. The molecule has 0 unspecified atom stereocenters.